The summed E-state index contributed by atoms with van der Waals surface area (Å²) < 4.78 is 1.54. The van der Waals surface area contributed by atoms with Gasteiger partial charge >= 0.3 is 0 Å². The molecule has 1 aliphatic rings. The zero-order valence-electron chi connectivity index (χ0n) is 20.1. The van der Waals surface area contributed by atoms with Gasteiger partial charge in [-0.25, -0.2) is 14.6 Å². The Morgan fingerprint density at radius 1 is 1.12 bits per heavy atom. The van der Waals surface area contributed by atoms with Crippen molar-refractivity contribution in [3.8, 4) is 0 Å². The van der Waals surface area contributed by atoms with Gasteiger partial charge in [0.2, 0.25) is 5.91 Å². The van der Waals surface area contributed by atoms with Crippen LogP contribution in [0, 0.1) is 5.92 Å². The highest BCUT2D eigenvalue weighted by atomic mass is 32.2. The van der Waals surface area contributed by atoms with Crippen LogP contribution in [-0.2, 0) is 4.79 Å². The predicted octanol–water partition coefficient (Wildman–Crippen LogP) is 1.46. The molecule has 0 radical (unpaired) electrons. The van der Waals surface area contributed by atoms with Crippen LogP contribution in [0.5, 0.6) is 0 Å². The monoisotopic (exact) mass is 494 g/mol. The van der Waals surface area contributed by atoms with Gasteiger partial charge in [0.25, 0.3) is 0 Å². The van der Waals surface area contributed by atoms with Crippen LogP contribution in [0.25, 0.3) is 11.2 Å². The summed E-state index contributed by atoms with van der Waals surface area (Å²) in [4.78, 5) is 22.0. The van der Waals surface area contributed by atoms with Gasteiger partial charge in [0.1, 0.15) is 6.10 Å². The number of rotatable bonds is 14. The number of nitrogens with one attached hydrogen (secondary N) is 2. The predicted molar refractivity (Wildman–Crippen MR) is 133 cm³/mol. The summed E-state index contributed by atoms with van der Waals surface area (Å²) in [5, 5.41) is 36.8. The van der Waals surface area contributed by atoms with Gasteiger partial charge in [-0.1, -0.05) is 43.7 Å². The molecule has 0 saturated heterocycles. The van der Waals surface area contributed by atoms with E-state index in [0.29, 0.717) is 35.2 Å². The first-order chi connectivity index (χ1) is 16.5. The molecule has 1 aliphatic carbocycles. The minimum atomic E-state index is -1.19. The maximum Gasteiger partial charge on any atom is 0.225 e. The van der Waals surface area contributed by atoms with Crippen LogP contribution in [0.3, 0.4) is 0 Å². The molecule has 0 aliphatic heterocycles. The fourth-order valence-electron chi connectivity index (χ4n) is 4.10. The van der Waals surface area contributed by atoms with Crippen LogP contribution in [0.2, 0.25) is 0 Å². The lowest BCUT2D eigenvalue weighted by molar-refractivity contribution is -0.128. The van der Waals surface area contributed by atoms with Crippen molar-refractivity contribution in [2.24, 2.45) is 11.7 Å². The topological polar surface area (TPSA) is 164 Å². The van der Waals surface area contributed by atoms with Crippen LogP contribution >= 0.6 is 11.8 Å². The van der Waals surface area contributed by atoms with Gasteiger partial charge in [-0.3, -0.25) is 4.79 Å². The molecule has 1 saturated carbocycles. The summed E-state index contributed by atoms with van der Waals surface area (Å²) in [6.45, 7) is 6.12. The SMILES string of the molecule is CCCCNc1nc(SCCC)nc2c1nnn2C1CC(C(=O)NCCCCCN)C(O)C1O. The largest absolute Gasteiger partial charge is 0.390 e. The molecule has 0 aromatic carbocycles. The van der Waals surface area contributed by atoms with Gasteiger partial charge in [0.15, 0.2) is 22.1 Å². The number of aliphatic hydroxyl groups excluding tert-OH is 2. The first kappa shape index (κ1) is 26.6. The van der Waals surface area contributed by atoms with E-state index in [1.165, 1.54) is 0 Å². The van der Waals surface area contributed by atoms with Crippen molar-refractivity contribution >= 4 is 34.7 Å². The normalized spacial score (nSPS) is 22.4. The molecule has 34 heavy (non-hydrogen) atoms. The quantitative estimate of drug-likeness (QED) is 0.147. The van der Waals surface area contributed by atoms with Crippen molar-refractivity contribution < 1.29 is 15.0 Å². The van der Waals surface area contributed by atoms with Gasteiger partial charge < -0.3 is 26.6 Å². The molecule has 1 fully saturated rings. The molecule has 3 rings (SSSR count). The number of nitrogens with zero attached hydrogens (tertiary/aromatic N) is 5. The van der Waals surface area contributed by atoms with Crippen molar-refractivity contribution in [1.29, 1.82) is 0 Å². The number of aliphatic hydroxyl groups is 2. The lowest BCUT2D eigenvalue weighted by Crippen LogP contribution is -2.38. The van der Waals surface area contributed by atoms with E-state index in [-0.39, 0.29) is 12.3 Å². The van der Waals surface area contributed by atoms with Crippen LogP contribution in [0.15, 0.2) is 5.16 Å². The molecule has 2 aromatic rings. The molecule has 0 spiro atoms. The number of aromatic nitrogens is 5. The average Bonchev–Trinajstić information content (AvgIpc) is 3.38. The lowest BCUT2D eigenvalue weighted by atomic mass is 10.0. The summed E-state index contributed by atoms with van der Waals surface area (Å²) in [5.74, 6) is 0.497. The summed E-state index contributed by atoms with van der Waals surface area (Å²) in [6.07, 6.45) is 3.61. The molecule has 12 heteroatoms. The number of anilines is 1. The van der Waals surface area contributed by atoms with E-state index in [1.54, 1.807) is 16.4 Å². The summed E-state index contributed by atoms with van der Waals surface area (Å²) in [7, 11) is 0. The summed E-state index contributed by atoms with van der Waals surface area (Å²) in [6, 6.07) is -0.615. The summed E-state index contributed by atoms with van der Waals surface area (Å²) in [5.41, 5.74) is 6.51. The Bertz CT molecular complexity index is 927. The third-order valence-electron chi connectivity index (χ3n) is 6.04. The second-order valence-corrected chi connectivity index (χ2v) is 9.78. The fourth-order valence-corrected chi connectivity index (χ4v) is 4.79. The molecular formula is C22H38N8O3S. The zero-order valence-corrected chi connectivity index (χ0v) is 20.9. The van der Waals surface area contributed by atoms with Gasteiger partial charge in [-0.2, -0.15) is 0 Å². The number of nitrogens with two attached hydrogens (primary N) is 1. The highest BCUT2D eigenvalue weighted by Crippen LogP contribution is 2.37. The molecule has 2 aromatic heterocycles. The van der Waals surface area contributed by atoms with Gasteiger partial charge in [0, 0.05) is 18.8 Å². The van der Waals surface area contributed by atoms with Crippen LogP contribution < -0.4 is 16.4 Å². The zero-order chi connectivity index (χ0) is 24.5. The first-order valence-corrected chi connectivity index (χ1v) is 13.3. The highest BCUT2D eigenvalue weighted by molar-refractivity contribution is 7.99. The maximum absolute atomic E-state index is 12.7. The Kier molecular flexibility index (Phi) is 10.3. The molecule has 1 amide bonds. The second kappa shape index (κ2) is 13.2. The van der Waals surface area contributed by atoms with Crippen molar-refractivity contribution in [1.82, 2.24) is 30.3 Å². The van der Waals surface area contributed by atoms with E-state index in [9.17, 15) is 15.0 Å². The number of thioether (sulfide) groups is 1. The Morgan fingerprint density at radius 2 is 1.94 bits per heavy atom. The third kappa shape index (κ3) is 6.35. The minimum Gasteiger partial charge on any atom is -0.390 e. The first-order valence-electron chi connectivity index (χ1n) is 12.3. The number of amides is 1. The molecule has 2 heterocycles. The smallest absolute Gasteiger partial charge is 0.225 e. The van der Waals surface area contributed by atoms with E-state index in [2.05, 4.69) is 44.8 Å². The van der Waals surface area contributed by atoms with E-state index < -0.39 is 24.2 Å². The molecule has 190 valence electrons. The number of unbranched alkanes of at least 4 members (excludes halogenated alkanes) is 3. The Morgan fingerprint density at radius 3 is 2.68 bits per heavy atom. The Labute approximate surface area is 204 Å². The average molecular weight is 495 g/mol. The van der Waals surface area contributed by atoms with Gasteiger partial charge in [0.05, 0.1) is 18.1 Å². The number of carbonyl (C=O) groups is 1. The van der Waals surface area contributed by atoms with Crippen LogP contribution in [0.4, 0.5) is 5.82 Å². The molecule has 6 N–H and O–H groups in total. The van der Waals surface area contributed by atoms with Crippen molar-refractivity contribution in [3.63, 3.8) is 0 Å². The number of hydrogen-bond acceptors (Lipinski definition) is 10. The van der Waals surface area contributed by atoms with Gasteiger partial charge in [-0.15, -0.1) is 5.10 Å². The van der Waals surface area contributed by atoms with E-state index >= 15 is 0 Å². The van der Waals surface area contributed by atoms with Gasteiger partial charge in [-0.05, 0) is 38.6 Å². The Hall–Kier alpha value is -2.02. The molecule has 11 nitrogen and oxygen atoms in total. The van der Waals surface area contributed by atoms with Crippen molar-refractivity contribution in [3.05, 3.63) is 0 Å². The van der Waals surface area contributed by atoms with E-state index in [4.69, 9.17) is 5.73 Å². The molecular weight excluding hydrogens is 456 g/mol. The van der Waals surface area contributed by atoms with Crippen molar-refractivity contribution in [2.45, 2.75) is 82.2 Å². The fraction of sp³-hybridized carbons (Fsp3) is 0.773. The lowest BCUT2D eigenvalue weighted by Gasteiger charge is -2.17. The van der Waals surface area contributed by atoms with E-state index in [1.807, 2.05) is 0 Å². The Balaban J connectivity index is 1.80. The highest BCUT2D eigenvalue weighted by Gasteiger charge is 2.47. The standard InChI is InChI=1S/C22H38N8O3S/c1-3-5-10-24-19-16-20(27-22(26-19)34-12-4-2)30(29-28-16)15-13-14(17(31)18(15)32)21(33)25-11-8-6-7-9-23/h14-15,17-18,31-32H,3-13,23H2,1-2H3,(H,25,33)(H,24,26,27). The molecule has 0 bridgehead atoms. The van der Waals surface area contributed by atoms with Crippen molar-refractivity contribution in [2.75, 3.05) is 30.7 Å². The third-order valence-corrected chi connectivity index (χ3v) is 7.10. The number of carbonyl (C=O) groups excluding carboxylic acids is 1. The number of hydrogen-bond donors (Lipinski definition) is 5. The molecule has 4 atom stereocenters. The van der Waals surface area contributed by atoms with E-state index in [0.717, 1.165) is 50.8 Å². The second-order valence-electron chi connectivity index (χ2n) is 8.72. The minimum absolute atomic E-state index is 0.245. The maximum atomic E-state index is 12.7. The van der Waals surface area contributed by atoms with Crippen LogP contribution in [0.1, 0.15) is 64.8 Å². The number of fused-ring (bicyclic) bond motifs is 1. The molecule has 4 unspecified atom stereocenters. The van der Waals surface area contributed by atoms with Crippen LogP contribution in [-0.4, -0.2) is 78.7 Å². The summed E-state index contributed by atoms with van der Waals surface area (Å²) >= 11 is 1.55.